The third-order valence-electron chi connectivity index (χ3n) is 19.6. The highest BCUT2D eigenvalue weighted by Crippen LogP contribution is 2.61. The van der Waals surface area contributed by atoms with Gasteiger partial charge in [-0.15, -0.1) is 0 Å². The summed E-state index contributed by atoms with van der Waals surface area (Å²) in [5.41, 5.74) is 4.61. The Hall–Kier alpha value is -8.31. The molecule has 4 fully saturated rings. The highest BCUT2D eigenvalue weighted by atomic mass is 32.1. The number of halogens is 8. The molecular formula is C73H78F8N8O32P4S3. The molecular weight excluding hydrogens is 1870 g/mol. The van der Waals surface area contributed by atoms with Crippen molar-refractivity contribution in [2.24, 2.45) is 0 Å². The molecule has 55 heteroatoms. The van der Waals surface area contributed by atoms with Gasteiger partial charge in [0.15, 0.2) is 39.2 Å². The second kappa shape index (κ2) is 36.7. The first-order valence-corrected chi connectivity index (χ1v) is 44.0. The molecule has 0 spiro atoms. The maximum absolute atomic E-state index is 15.9. The smallest absolute Gasteiger partial charge is 0.403 e. The number of aliphatic hydroxyl groups excluding tert-OH is 8. The van der Waals surface area contributed by atoms with Crippen molar-refractivity contribution in [2.45, 2.75) is 179 Å². The van der Waals surface area contributed by atoms with Crippen LogP contribution >= 0.6 is 67.9 Å². The van der Waals surface area contributed by atoms with Gasteiger partial charge >= 0.3 is 31.3 Å². The quantitative estimate of drug-likeness (QED) is 0.0244. The van der Waals surface area contributed by atoms with Crippen LogP contribution in [0.4, 0.5) is 35.1 Å². The zero-order valence-electron chi connectivity index (χ0n) is 72.9. The Balaban J connectivity index is 0.000000152. The maximum atomic E-state index is 15.9. The lowest BCUT2D eigenvalue weighted by Crippen LogP contribution is -2.47. The van der Waals surface area contributed by atoms with Gasteiger partial charge in [-0.3, -0.25) is 84.0 Å². The minimum Gasteiger partial charge on any atom is -0.403 e. The van der Waals surface area contributed by atoms with Crippen molar-refractivity contribution in [1.29, 1.82) is 0 Å². The number of ether oxygens (including phenoxy) is 4. The first kappa shape index (κ1) is 88.9. The highest BCUT2D eigenvalue weighted by molar-refractivity contribution is 7.71. The molecule has 9 aliphatic rings. The number of benzene rings is 4. The van der Waals surface area contributed by atoms with E-state index in [1.807, 2.05) is 41.0 Å². The summed E-state index contributed by atoms with van der Waals surface area (Å²) < 4.78 is 299. The lowest BCUT2D eigenvalue weighted by atomic mass is 10.1. The van der Waals surface area contributed by atoms with Crippen LogP contribution in [0, 0.1) is 87.2 Å². The number of aliphatic hydroxyl groups is 8. The second-order valence-electron chi connectivity index (χ2n) is 29.5. The van der Waals surface area contributed by atoms with Crippen molar-refractivity contribution in [3.05, 3.63) is 221 Å². The molecule has 12 heterocycles. The molecule has 7 aromatic rings. The maximum Gasteiger partial charge on any atom is 0.530 e. The topological polar surface area (TPSA) is 524 Å². The normalized spacial score (nSPS) is 34.6. The number of hydrogen-bond acceptors (Lipinski definition) is 36. The number of fused-ring (bicyclic) bond motifs is 4. The molecule has 16 rings (SSSR count). The summed E-state index contributed by atoms with van der Waals surface area (Å²) in [4.78, 5) is 51.6. The Morgan fingerprint density at radius 1 is 0.453 bits per heavy atom. The predicted octanol–water partition coefficient (Wildman–Crippen LogP) is 8.73. The Labute approximate surface area is 739 Å². The molecule has 4 aromatic carbocycles. The van der Waals surface area contributed by atoms with E-state index in [9.17, 15) is 95.9 Å². The van der Waals surface area contributed by atoms with Crippen LogP contribution in [0.3, 0.4) is 0 Å². The third kappa shape index (κ3) is 19.9. The summed E-state index contributed by atoms with van der Waals surface area (Å²) in [6.45, 7) is 6.43. The van der Waals surface area contributed by atoms with Crippen molar-refractivity contribution in [1.82, 2.24) is 38.9 Å². The highest BCUT2D eigenvalue weighted by Gasteiger charge is 2.63. The van der Waals surface area contributed by atoms with E-state index < -0.39 is 216 Å². The van der Waals surface area contributed by atoms with Crippen LogP contribution in [-0.2, 0) is 105 Å². The number of nitrogens with one attached hydrogen (secondary N) is 4. The van der Waals surface area contributed by atoms with Gasteiger partial charge in [0.05, 0.1) is 53.2 Å². The van der Waals surface area contributed by atoms with Crippen LogP contribution < -0.4 is 40.1 Å². The third-order valence-corrected chi connectivity index (χ3v) is 25.5. The number of amides is 1. The molecule has 4 saturated heterocycles. The van der Waals surface area contributed by atoms with Crippen molar-refractivity contribution in [2.75, 3.05) is 26.3 Å². The molecule has 3 aromatic heterocycles. The first-order chi connectivity index (χ1) is 61.9. The van der Waals surface area contributed by atoms with Crippen LogP contribution in [0.1, 0.15) is 93.6 Å². The fraction of sp³-hybridized carbons (Fsp3) is 0.438. The van der Waals surface area contributed by atoms with E-state index in [2.05, 4.69) is 6.58 Å². The standard InChI is InChI=1S/C19H21F2N2O8P.3C18H19F2N2O8PS/c1-9-4-10(2)15-12(5-9)7-28-32(27,31-15)29-8-19(21)16(25)14(24)18(30-19)23-6-13(20)17(26)22-11(23)3;3*1-8-3-9(2)13-10(4-8)6-27-31(26,30-13)28-7-18(20)14(24)12(23)16(29-18)22-5-11(19)15(25)21-17(22)32/h4-6,14,16,18,24-25H,3,7-8H2,1-2H3,(H,22,26);3*3-5,12,14,16,23-24H,6-7H2,1-2H3,(H,21,25,32)/t14-,16+,18-,19-,32?;3*12-,14+,16-,18-,31?/m1111/s1/i8D2,18D;16D;7D2;. The van der Waals surface area contributed by atoms with Gasteiger partial charge < -0.3 is 88.1 Å². The number of alkyl halides is 4. The van der Waals surface area contributed by atoms with Crippen molar-refractivity contribution < 1.29 is 180 Å². The van der Waals surface area contributed by atoms with Gasteiger partial charge in [0.2, 0.25) is 23.3 Å². The lowest BCUT2D eigenvalue weighted by Gasteiger charge is -2.33. The number of rotatable bonds is 16. The average Bonchev–Trinajstić information content (AvgIpc) is 1.55. The first-order valence-electron chi connectivity index (χ1n) is 40.0. The van der Waals surface area contributed by atoms with E-state index in [1.165, 1.54) is 0 Å². The van der Waals surface area contributed by atoms with Gasteiger partial charge in [0.25, 0.3) is 46.0 Å². The molecule has 128 heavy (non-hydrogen) atoms. The number of nitrogens with zero attached hydrogens (tertiary/aromatic N) is 4. The molecule has 40 nitrogen and oxygen atoms in total. The van der Waals surface area contributed by atoms with E-state index in [1.54, 1.807) is 83.1 Å². The molecule has 0 bridgehead atoms. The monoisotopic (exact) mass is 1960 g/mol. The summed E-state index contributed by atoms with van der Waals surface area (Å²) in [6, 6.07) is 13.8. The zero-order valence-corrected chi connectivity index (χ0v) is 72.9. The lowest BCUT2D eigenvalue weighted by molar-refractivity contribution is -0.208. The van der Waals surface area contributed by atoms with Crippen LogP contribution in [0.25, 0.3) is 0 Å². The van der Waals surface area contributed by atoms with Crippen molar-refractivity contribution >= 4 is 73.9 Å². The summed E-state index contributed by atoms with van der Waals surface area (Å²) in [6.07, 6.45) is -27.0. The van der Waals surface area contributed by atoms with E-state index in [0.29, 0.717) is 83.3 Å². The molecule has 20 atom stereocenters. The summed E-state index contributed by atoms with van der Waals surface area (Å²) in [5, 5.41) is 84.2. The Morgan fingerprint density at radius 3 is 1.12 bits per heavy atom. The van der Waals surface area contributed by atoms with E-state index in [-0.39, 0.29) is 54.2 Å². The fourth-order valence-corrected chi connectivity index (χ4v) is 19.3. The molecule has 0 aliphatic carbocycles. The van der Waals surface area contributed by atoms with Crippen LogP contribution in [0.2, 0.25) is 0 Å². The molecule has 0 saturated carbocycles. The van der Waals surface area contributed by atoms with Gasteiger partial charge in [-0.1, -0.05) is 77.4 Å². The molecule has 0 radical (unpaired) electrons. The van der Waals surface area contributed by atoms with Crippen LogP contribution in [0.15, 0.2) is 106 Å². The number of H-pyrrole nitrogens is 3. The summed E-state index contributed by atoms with van der Waals surface area (Å²) >= 11 is 14.5. The fourth-order valence-electron chi connectivity index (χ4n) is 13.6. The summed E-state index contributed by atoms with van der Waals surface area (Å²) in [5.74, 6) is -20.9. The van der Waals surface area contributed by atoms with Crippen molar-refractivity contribution in [3.63, 3.8) is 0 Å². The van der Waals surface area contributed by atoms with Gasteiger partial charge in [0, 0.05) is 28.5 Å². The molecule has 1 amide bonds. The largest absolute Gasteiger partial charge is 0.530 e. The number of phosphoric acid groups is 4. The Bertz CT molecular complexity index is 6590. The Morgan fingerprint density at radius 2 is 0.742 bits per heavy atom. The number of aryl methyl sites for hydroxylation is 8. The minimum atomic E-state index is -4.86. The molecule has 9 aliphatic heterocycles. The van der Waals surface area contributed by atoms with E-state index in [0.717, 1.165) is 26.8 Å². The number of carbonyl (C=O) groups is 1. The number of aromatic amines is 3. The van der Waals surface area contributed by atoms with E-state index >= 15 is 17.6 Å². The number of carbonyl (C=O) groups excluding carboxylic acids is 1. The van der Waals surface area contributed by atoms with Crippen molar-refractivity contribution in [3.8, 4) is 23.0 Å². The SMILES string of the molecule is Cc1cc(C)c2c(c1)COP(=O)(OC[C@@]1(F)O[C@@H](n3cc(F)c(=O)[nH]c3=S)[C@H](O)[C@@H]1O)O2.[2H]C([2H])(OP1(=O)OCc2cc(C)cc(C)c2O1)[C@@]1(F)O[C@@H](n2cc(F)c(=O)[nH]c2=S)[C@H](O)[C@@H]1O.[2H]C([2H])(OP1(=O)OCc2cc(C)cc(C)c2O1)[C@@]1(F)O[C@@]([2H])(N2C=C(F)C(=O)NC2=C)[C@H](O)[C@@H]1O.[2H][C@@]1(n2cc(F)c(=O)[nH]c2=S)O[C@](F)(COP2(=O)OCc3cc(C)cc(C)c3O2)[C@@H](O)[C@H]1O. The molecule has 12 N–H and O–H groups in total. The van der Waals surface area contributed by atoms with Gasteiger partial charge in [0.1, 0.15) is 104 Å². The number of hydrogen-bond donors (Lipinski definition) is 12. The van der Waals surface area contributed by atoms with Crippen LogP contribution in [-0.4, -0.2) is 185 Å². The van der Waals surface area contributed by atoms with Gasteiger partial charge in [-0.25, -0.2) is 35.8 Å². The number of phosphoric ester groups is 4. The summed E-state index contributed by atoms with van der Waals surface area (Å²) in [7, 11) is -18.3. The van der Waals surface area contributed by atoms with Crippen LogP contribution in [0.5, 0.6) is 23.0 Å². The zero-order chi connectivity index (χ0) is 99.1. The predicted molar refractivity (Wildman–Crippen MR) is 424 cm³/mol. The minimum absolute atomic E-state index is 0.0672. The number of aromatic nitrogens is 6. The second-order valence-corrected chi connectivity index (χ2v) is 36.9. The molecule has 4 unspecified atom stereocenters. The van der Waals surface area contributed by atoms with Gasteiger partial charge in [-0.05, 0) is 114 Å². The van der Waals surface area contributed by atoms with Gasteiger partial charge in [-0.2, -0.15) is 17.6 Å². The Kier molecular flexibility index (Phi) is 25.5. The molecule has 696 valence electrons. The van der Waals surface area contributed by atoms with E-state index in [4.69, 9.17) is 118 Å². The average molecular weight is 1960 g/mol.